The second-order valence-corrected chi connectivity index (χ2v) is 5.53. The van der Waals surface area contributed by atoms with Crippen LogP contribution in [0.5, 0.6) is 0 Å². The summed E-state index contributed by atoms with van der Waals surface area (Å²) in [5.41, 5.74) is 8.52. The van der Waals surface area contributed by atoms with E-state index >= 15 is 0 Å². The molecule has 21 heavy (non-hydrogen) atoms. The van der Waals surface area contributed by atoms with Gasteiger partial charge in [-0.2, -0.15) is 0 Å². The van der Waals surface area contributed by atoms with Crippen LogP contribution < -0.4 is 5.73 Å². The van der Waals surface area contributed by atoms with E-state index in [1.807, 2.05) is 30.7 Å². The third-order valence-electron chi connectivity index (χ3n) is 3.47. The van der Waals surface area contributed by atoms with Gasteiger partial charge in [0.25, 0.3) is 0 Å². The maximum Gasteiger partial charge on any atom is 0.0948 e. The Hall–Kier alpha value is -1.65. The molecule has 1 aromatic heterocycles. The number of benzene rings is 1. The Morgan fingerprint density at radius 1 is 1.19 bits per heavy atom. The molecule has 1 unspecified atom stereocenters. The van der Waals surface area contributed by atoms with Crippen LogP contribution in [0, 0.1) is 0 Å². The Kier molecular flexibility index (Phi) is 5.96. The van der Waals surface area contributed by atoms with Gasteiger partial charge in [0, 0.05) is 13.2 Å². The van der Waals surface area contributed by atoms with Crippen LogP contribution in [0.25, 0.3) is 0 Å². The zero-order valence-corrected chi connectivity index (χ0v) is 12.9. The summed E-state index contributed by atoms with van der Waals surface area (Å²) in [4.78, 5) is 4.25. The molecule has 2 N–H and O–H groups in total. The van der Waals surface area contributed by atoms with Crippen LogP contribution in [0.2, 0.25) is 0 Å². The molecule has 0 fully saturated rings. The van der Waals surface area contributed by atoms with E-state index in [9.17, 15) is 0 Å². The van der Waals surface area contributed by atoms with Gasteiger partial charge in [-0.3, -0.25) is 0 Å². The number of hydrogen-bond donors (Lipinski definition) is 1. The standard InChI is InChI=1S/C17H25N3O/c1-14(2)21-11-7-6-10-20-13-19-12-16(20)17(18)15-8-4-3-5-9-15/h3-5,8-9,12-14,17H,6-7,10-11,18H2,1-2H3. The summed E-state index contributed by atoms with van der Waals surface area (Å²) >= 11 is 0. The Bertz CT molecular complexity index is 522. The number of rotatable bonds is 8. The first-order valence-electron chi connectivity index (χ1n) is 7.60. The van der Waals surface area contributed by atoms with Gasteiger partial charge < -0.3 is 15.0 Å². The lowest BCUT2D eigenvalue weighted by Crippen LogP contribution is -2.16. The summed E-state index contributed by atoms with van der Waals surface area (Å²) in [5.74, 6) is 0. The molecule has 0 aliphatic rings. The zero-order chi connectivity index (χ0) is 15.1. The highest BCUT2D eigenvalue weighted by Gasteiger charge is 2.13. The quantitative estimate of drug-likeness (QED) is 0.759. The minimum Gasteiger partial charge on any atom is -0.379 e. The molecule has 4 heteroatoms. The largest absolute Gasteiger partial charge is 0.379 e. The first-order chi connectivity index (χ1) is 10.2. The summed E-state index contributed by atoms with van der Waals surface area (Å²) in [6.45, 7) is 5.86. The molecule has 114 valence electrons. The van der Waals surface area contributed by atoms with E-state index < -0.39 is 0 Å². The first-order valence-corrected chi connectivity index (χ1v) is 7.60. The number of ether oxygens (including phenoxy) is 1. The molecule has 1 atom stereocenters. The number of aromatic nitrogens is 2. The minimum atomic E-state index is -0.124. The summed E-state index contributed by atoms with van der Waals surface area (Å²) < 4.78 is 7.70. The molecule has 2 rings (SSSR count). The van der Waals surface area contributed by atoms with Crippen LogP contribution in [-0.2, 0) is 11.3 Å². The van der Waals surface area contributed by atoms with Gasteiger partial charge in [-0.15, -0.1) is 0 Å². The van der Waals surface area contributed by atoms with Gasteiger partial charge in [-0.1, -0.05) is 30.3 Å². The monoisotopic (exact) mass is 287 g/mol. The SMILES string of the molecule is CC(C)OCCCCn1cncc1C(N)c1ccccc1. The highest BCUT2D eigenvalue weighted by atomic mass is 16.5. The molecule has 2 aromatic rings. The molecular formula is C17H25N3O. The van der Waals surface area contributed by atoms with Crippen molar-refractivity contribution in [3.63, 3.8) is 0 Å². The molecule has 0 aliphatic carbocycles. The lowest BCUT2D eigenvalue weighted by atomic mass is 10.1. The van der Waals surface area contributed by atoms with E-state index in [-0.39, 0.29) is 6.04 Å². The fourth-order valence-electron chi connectivity index (χ4n) is 2.31. The zero-order valence-electron chi connectivity index (χ0n) is 12.9. The highest BCUT2D eigenvalue weighted by Crippen LogP contribution is 2.19. The molecule has 0 saturated heterocycles. The van der Waals surface area contributed by atoms with Crippen LogP contribution in [0.1, 0.15) is 44.0 Å². The third kappa shape index (κ3) is 4.69. The van der Waals surface area contributed by atoms with Crippen molar-refractivity contribution in [3.8, 4) is 0 Å². The Morgan fingerprint density at radius 2 is 1.95 bits per heavy atom. The van der Waals surface area contributed by atoms with Crippen molar-refractivity contribution in [2.75, 3.05) is 6.61 Å². The summed E-state index contributed by atoms with van der Waals surface area (Å²) in [5, 5.41) is 0. The van der Waals surface area contributed by atoms with E-state index in [1.165, 1.54) is 0 Å². The lowest BCUT2D eigenvalue weighted by Gasteiger charge is -2.15. The average Bonchev–Trinajstić information content (AvgIpc) is 2.95. The average molecular weight is 287 g/mol. The van der Waals surface area contributed by atoms with Crippen molar-refractivity contribution in [3.05, 3.63) is 54.1 Å². The molecule has 1 aromatic carbocycles. The van der Waals surface area contributed by atoms with Gasteiger partial charge in [0.1, 0.15) is 0 Å². The first kappa shape index (κ1) is 15.7. The Labute approximate surface area is 127 Å². The molecule has 1 heterocycles. The highest BCUT2D eigenvalue weighted by molar-refractivity contribution is 5.26. The second kappa shape index (κ2) is 7.96. The summed E-state index contributed by atoms with van der Waals surface area (Å²) in [7, 11) is 0. The molecule has 0 bridgehead atoms. The van der Waals surface area contributed by atoms with Crippen molar-refractivity contribution in [2.24, 2.45) is 5.73 Å². The number of unbranched alkanes of at least 4 members (excludes halogenated alkanes) is 1. The Morgan fingerprint density at radius 3 is 2.67 bits per heavy atom. The van der Waals surface area contributed by atoms with Gasteiger partial charge in [0.05, 0.1) is 30.4 Å². The normalized spacial score (nSPS) is 12.8. The van der Waals surface area contributed by atoms with Gasteiger partial charge in [-0.25, -0.2) is 4.98 Å². The van der Waals surface area contributed by atoms with Gasteiger partial charge in [-0.05, 0) is 32.3 Å². The van der Waals surface area contributed by atoms with Crippen molar-refractivity contribution in [2.45, 2.75) is 45.4 Å². The predicted molar refractivity (Wildman–Crippen MR) is 85.0 cm³/mol. The van der Waals surface area contributed by atoms with E-state index in [0.29, 0.717) is 6.10 Å². The number of nitrogens with zero attached hydrogens (tertiary/aromatic N) is 2. The van der Waals surface area contributed by atoms with Gasteiger partial charge in [0.2, 0.25) is 0 Å². The molecular weight excluding hydrogens is 262 g/mol. The molecule has 0 aliphatic heterocycles. The molecule has 4 nitrogen and oxygen atoms in total. The lowest BCUT2D eigenvalue weighted by molar-refractivity contribution is 0.0754. The third-order valence-corrected chi connectivity index (χ3v) is 3.47. The minimum absolute atomic E-state index is 0.124. The summed E-state index contributed by atoms with van der Waals surface area (Å²) in [6.07, 6.45) is 6.15. The number of nitrogens with two attached hydrogens (primary N) is 1. The van der Waals surface area contributed by atoms with Crippen LogP contribution in [0.15, 0.2) is 42.9 Å². The number of hydrogen-bond acceptors (Lipinski definition) is 3. The van der Waals surface area contributed by atoms with Crippen molar-refractivity contribution in [1.82, 2.24) is 9.55 Å². The fraction of sp³-hybridized carbons (Fsp3) is 0.471. The molecule has 0 spiro atoms. The van der Waals surface area contributed by atoms with Crippen molar-refractivity contribution in [1.29, 1.82) is 0 Å². The van der Waals surface area contributed by atoms with Crippen molar-refractivity contribution < 1.29 is 4.74 Å². The van der Waals surface area contributed by atoms with E-state index in [2.05, 4.69) is 35.5 Å². The Balaban J connectivity index is 1.90. The van der Waals surface area contributed by atoms with Crippen molar-refractivity contribution >= 4 is 0 Å². The topological polar surface area (TPSA) is 53.1 Å². The van der Waals surface area contributed by atoms with Crippen LogP contribution >= 0.6 is 0 Å². The predicted octanol–water partition coefficient (Wildman–Crippen LogP) is 3.14. The molecule has 0 radical (unpaired) electrons. The summed E-state index contributed by atoms with van der Waals surface area (Å²) in [6, 6.07) is 10.0. The van der Waals surface area contributed by atoms with E-state index in [0.717, 1.165) is 37.3 Å². The van der Waals surface area contributed by atoms with Crippen LogP contribution in [-0.4, -0.2) is 22.3 Å². The molecule has 0 saturated carbocycles. The number of imidazole rings is 1. The van der Waals surface area contributed by atoms with E-state index in [1.54, 1.807) is 0 Å². The van der Waals surface area contributed by atoms with E-state index in [4.69, 9.17) is 10.5 Å². The maximum atomic E-state index is 6.35. The second-order valence-electron chi connectivity index (χ2n) is 5.53. The fourth-order valence-corrected chi connectivity index (χ4v) is 2.31. The van der Waals surface area contributed by atoms with Crippen LogP contribution in [0.3, 0.4) is 0 Å². The van der Waals surface area contributed by atoms with Gasteiger partial charge >= 0.3 is 0 Å². The number of aryl methyl sites for hydroxylation is 1. The molecule has 0 amide bonds. The smallest absolute Gasteiger partial charge is 0.0948 e. The van der Waals surface area contributed by atoms with Gasteiger partial charge in [0.15, 0.2) is 0 Å². The van der Waals surface area contributed by atoms with Crippen LogP contribution in [0.4, 0.5) is 0 Å². The maximum absolute atomic E-state index is 6.35.